The van der Waals surface area contributed by atoms with E-state index in [0.29, 0.717) is 18.3 Å². The van der Waals surface area contributed by atoms with Crippen molar-refractivity contribution in [2.75, 3.05) is 12.9 Å². The molecule has 1 aliphatic rings. The maximum absolute atomic E-state index is 12.7. The zero-order chi connectivity index (χ0) is 16.9. The lowest BCUT2D eigenvalue weighted by Crippen LogP contribution is -2.38. The average Bonchev–Trinajstić information content (AvgIpc) is 2.54. The molecule has 1 saturated carbocycles. The highest BCUT2D eigenvalue weighted by atomic mass is 33.1. The number of rotatable bonds is 7. The molecular weight excluding hydrogens is 340 g/mol. The third-order valence-electron chi connectivity index (χ3n) is 4.16. The smallest absolute Gasteiger partial charge is 0.252 e. The molecular formula is C18H22N2O2S2. The Hall–Kier alpha value is -1.24. The van der Waals surface area contributed by atoms with Crippen molar-refractivity contribution in [2.45, 2.75) is 43.2 Å². The van der Waals surface area contributed by atoms with Crippen LogP contribution in [0.1, 0.15) is 36.5 Å². The van der Waals surface area contributed by atoms with Gasteiger partial charge in [-0.3, -0.25) is 9.78 Å². The molecule has 1 heterocycles. The standard InChI is InChI=1S/C18H22N2O2S2/c1-12(11-22-13-5-3-6-13)20-18(21)15-8-9-16(24-23-2)17-14(15)7-4-10-19-17/h4,7-10,12-13H,3,5-6,11H2,1-2H3,(H,20,21). The maximum atomic E-state index is 12.7. The number of pyridine rings is 1. The first-order valence-electron chi connectivity index (χ1n) is 8.20. The number of hydrogen-bond acceptors (Lipinski definition) is 5. The number of carbonyl (C=O) groups excluding carboxylic acids is 1. The van der Waals surface area contributed by atoms with Crippen LogP contribution < -0.4 is 5.32 Å². The van der Waals surface area contributed by atoms with E-state index in [4.69, 9.17) is 4.74 Å². The average molecular weight is 363 g/mol. The van der Waals surface area contributed by atoms with Crippen LogP contribution in [0.3, 0.4) is 0 Å². The van der Waals surface area contributed by atoms with Crippen LogP contribution in [0.4, 0.5) is 0 Å². The zero-order valence-corrected chi connectivity index (χ0v) is 15.6. The monoisotopic (exact) mass is 362 g/mol. The molecule has 1 aromatic carbocycles. The highest BCUT2D eigenvalue weighted by Crippen LogP contribution is 2.34. The first kappa shape index (κ1) is 17.6. The molecule has 1 unspecified atom stereocenters. The third kappa shape index (κ3) is 4.05. The molecule has 1 N–H and O–H groups in total. The van der Waals surface area contributed by atoms with Crippen molar-refractivity contribution in [3.63, 3.8) is 0 Å². The molecule has 1 atom stereocenters. The predicted molar refractivity (Wildman–Crippen MR) is 102 cm³/mol. The van der Waals surface area contributed by atoms with Crippen LogP contribution in [0.2, 0.25) is 0 Å². The normalized spacial score (nSPS) is 15.9. The molecule has 6 heteroatoms. The van der Waals surface area contributed by atoms with Crippen LogP contribution in [-0.2, 0) is 4.74 Å². The van der Waals surface area contributed by atoms with Gasteiger partial charge < -0.3 is 10.1 Å². The Morgan fingerprint density at radius 3 is 2.96 bits per heavy atom. The van der Waals surface area contributed by atoms with Gasteiger partial charge in [0.05, 0.1) is 18.2 Å². The molecule has 1 aliphatic carbocycles. The number of hydrogen-bond donors (Lipinski definition) is 1. The van der Waals surface area contributed by atoms with Crippen molar-refractivity contribution in [2.24, 2.45) is 0 Å². The van der Waals surface area contributed by atoms with Crippen molar-refractivity contribution in [1.82, 2.24) is 10.3 Å². The molecule has 0 radical (unpaired) electrons. The number of carbonyl (C=O) groups is 1. The fraction of sp³-hybridized carbons (Fsp3) is 0.444. The van der Waals surface area contributed by atoms with Crippen LogP contribution in [0.25, 0.3) is 10.9 Å². The van der Waals surface area contributed by atoms with Crippen molar-refractivity contribution < 1.29 is 9.53 Å². The number of amides is 1. The van der Waals surface area contributed by atoms with Gasteiger partial charge in [0.1, 0.15) is 0 Å². The number of nitrogens with zero attached hydrogens (tertiary/aromatic N) is 1. The Labute approximate surface area is 150 Å². The molecule has 4 nitrogen and oxygen atoms in total. The van der Waals surface area contributed by atoms with Gasteiger partial charge in [0.2, 0.25) is 0 Å². The van der Waals surface area contributed by atoms with E-state index in [0.717, 1.165) is 28.6 Å². The lowest BCUT2D eigenvalue weighted by atomic mass is 9.96. The van der Waals surface area contributed by atoms with Crippen LogP contribution in [0.15, 0.2) is 35.4 Å². The summed E-state index contributed by atoms with van der Waals surface area (Å²) in [6.45, 7) is 2.54. The van der Waals surface area contributed by atoms with Crippen molar-refractivity contribution >= 4 is 38.4 Å². The fourth-order valence-electron chi connectivity index (χ4n) is 2.66. The van der Waals surface area contributed by atoms with E-state index in [9.17, 15) is 4.79 Å². The summed E-state index contributed by atoms with van der Waals surface area (Å²) >= 11 is 0. The summed E-state index contributed by atoms with van der Waals surface area (Å²) in [6, 6.07) is 7.68. The molecule has 0 bridgehead atoms. The minimum Gasteiger partial charge on any atom is -0.376 e. The topological polar surface area (TPSA) is 51.2 Å². The number of aromatic nitrogens is 1. The van der Waals surface area contributed by atoms with Crippen LogP contribution in [-0.4, -0.2) is 35.9 Å². The van der Waals surface area contributed by atoms with Crippen LogP contribution >= 0.6 is 21.6 Å². The Morgan fingerprint density at radius 2 is 2.25 bits per heavy atom. The minimum atomic E-state index is -0.0709. The summed E-state index contributed by atoms with van der Waals surface area (Å²) < 4.78 is 5.78. The van der Waals surface area contributed by atoms with Gasteiger partial charge in [-0.2, -0.15) is 0 Å². The summed E-state index contributed by atoms with van der Waals surface area (Å²) in [5.41, 5.74) is 1.54. The second kappa shape index (κ2) is 8.23. The number of benzene rings is 1. The fourth-order valence-corrected chi connectivity index (χ4v) is 4.15. The second-order valence-electron chi connectivity index (χ2n) is 6.02. The first-order chi connectivity index (χ1) is 11.7. The summed E-state index contributed by atoms with van der Waals surface area (Å²) in [7, 11) is 3.33. The molecule has 3 rings (SSSR count). The van der Waals surface area contributed by atoms with Gasteiger partial charge in [0.25, 0.3) is 5.91 Å². The summed E-state index contributed by atoms with van der Waals surface area (Å²) in [5, 5.41) is 3.93. The van der Waals surface area contributed by atoms with Crippen molar-refractivity contribution in [3.8, 4) is 0 Å². The number of nitrogens with one attached hydrogen (secondary N) is 1. The largest absolute Gasteiger partial charge is 0.376 e. The Balaban J connectivity index is 1.73. The van der Waals surface area contributed by atoms with E-state index in [1.807, 2.05) is 37.4 Å². The number of fused-ring (bicyclic) bond motifs is 1. The lowest BCUT2D eigenvalue weighted by Gasteiger charge is -2.27. The predicted octanol–water partition coefficient (Wildman–Crippen LogP) is 4.29. The molecule has 1 fully saturated rings. The first-order valence-corrected chi connectivity index (χ1v) is 10.8. The molecule has 0 saturated heterocycles. The van der Waals surface area contributed by atoms with Crippen molar-refractivity contribution in [3.05, 3.63) is 36.0 Å². The summed E-state index contributed by atoms with van der Waals surface area (Å²) in [4.78, 5) is 18.2. The number of ether oxygens (including phenoxy) is 1. The van der Waals surface area contributed by atoms with Crippen LogP contribution in [0.5, 0.6) is 0 Å². The zero-order valence-electron chi connectivity index (χ0n) is 14.0. The Kier molecular flexibility index (Phi) is 6.03. The molecule has 128 valence electrons. The van der Waals surface area contributed by atoms with Crippen LogP contribution in [0, 0.1) is 0 Å². The molecule has 0 spiro atoms. The van der Waals surface area contributed by atoms with Gasteiger partial charge in [-0.1, -0.05) is 27.7 Å². The van der Waals surface area contributed by atoms with E-state index in [2.05, 4.69) is 10.3 Å². The van der Waals surface area contributed by atoms with Crippen molar-refractivity contribution in [1.29, 1.82) is 0 Å². The third-order valence-corrected chi connectivity index (χ3v) is 5.88. The van der Waals surface area contributed by atoms with E-state index in [-0.39, 0.29) is 11.9 Å². The van der Waals surface area contributed by atoms with Gasteiger partial charge in [0, 0.05) is 28.1 Å². The minimum absolute atomic E-state index is 0.00919. The van der Waals surface area contributed by atoms with Gasteiger partial charge in [-0.05, 0) is 50.6 Å². The lowest BCUT2D eigenvalue weighted by molar-refractivity contribution is -0.00597. The Morgan fingerprint density at radius 1 is 1.42 bits per heavy atom. The Bertz CT molecular complexity index is 719. The highest BCUT2D eigenvalue weighted by molar-refractivity contribution is 8.76. The SMILES string of the molecule is CSSc1ccc(C(=O)NC(C)COC2CCC2)c2cccnc12. The van der Waals surface area contributed by atoms with Gasteiger partial charge >= 0.3 is 0 Å². The van der Waals surface area contributed by atoms with E-state index in [1.165, 1.54) is 6.42 Å². The molecule has 1 aromatic heterocycles. The molecule has 0 aliphatic heterocycles. The van der Waals surface area contributed by atoms with E-state index >= 15 is 0 Å². The summed E-state index contributed by atoms with van der Waals surface area (Å²) in [5.74, 6) is -0.0709. The van der Waals surface area contributed by atoms with Gasteiger partial charge in [-0.25, -0.2) is 0 Å². The van der Waals surface area contributed by atoms with E-state index in [1.54, 1.807) is 27.8 Å². The highest BCUT2D eigenvalue weighted by Gasteiger charge is 2.20. The summed E-state index contributed by atoms with van der Waals surface area (Å²) in [6.07, 6.45) is 7.73. The molecule has 2 aromatic rings. The quantitative estimate of drug-likeness (QED) is 0.745. The van der Waals surface area contributed by atoms with Gasteiger partial charge in [-0.15, -0.1) is 0 Å². The molecule has 1 amide bonds. The maximum Gasteiger partial charge on any atom is 0.252 e. The molecule has 24 heavy (non-hydrogen) atoms. The van der Waals surface area contributed by atoms with E-state index < -0.39 is 0 Å². The second-order valence-corrected chi connectivity index (χ2v) is 8.46. The van der Waals surface area contributed by atoms with Gasteiger partial charge in [0.15, 0.2) is 0 Å².